The zero-order valence-corrected chi connectivity index (χ0v) is 14.6. The topological polar surface area (TPSA) is 116 Å². The number of carbonyl (C=O) groups excluding carboxylic acids is 2. The van der Waals surface area contributed by atoms with Crippen molar-refractivity contribution in [2.45, 2.75) is 20.4 Å². The minimum Gasteiger partial charge on any atom is -0.366 e. The van der Waals surface area contributed by atoms with Crippen molar-refractivity contribution < 1.29 is 14.1 Å². The van der Waals surface area contributed by atoms with Gasteiger partial charge >= 0.3 is 0 Å². The average molecular weight is 359 g/mol. The fraction of sp³-hybridized carbons (Fsp3) is 0.250. The van der Waals surface area contributed by atoms with Crippen molar-refractivity contribution in [2.75, 3.05) is 6.54 Å². The highest BCUT2D eigenvalue weighted by molar-refractivity contribution is 7.13. The highest BCUT2D eigenvalue weighted by Crippen LogP contribution is 2.31. The van der Waals surface area contributed by atoms with Crippen molar-refractivity contribution in [1.82, 2.24) is 20.0 Å². The summed E-state index contributed by atoms with van der Waals surface area (Å²) in [6.45, 7) is 4.22. The Labute approximate surface area is 147 Å². The van der Waals surface area contributed by atoms with Gasteiger partial charge in [-0.3, -0.25) is 9.59 Å². The monoisotopic (exact) mass is 359 g/mol. The molecular formula is C16H17N5O3S. The molecule has 2 amide bonds. The summed E-state index contributed by atoms with van der Waals surface area (Å²) in [5, 5.41) is 9.01. The molecule has 0 aliphatic carbocycles. The average Bonchev–Trinajstić information content (AvgIpc) is 3.26. The van der Waals surface area contributed by atoms with Crippen LogP contribution in [0.5, 0.6) is 0 Å². The van der Waals surface area contributed by atoms with Gasteiger partial charge in [0.05, 0.1) is 23.1 Å². The van der Waals surface area contributed by atoms with Gasteiger partial charge in [0.2, 0.25) is 5.91 Å². The molecule has 3 heterocycles. The largest absolute Gasteiger partial charge is 0.366 e. The van der Waals surface area contributed by atoms with E-state index in [1.807, 2.05) is 16.9 Å². The molecule has 0 saturated carbocycles. The van der Waals surface area contributed by atoms with Crippen LogP contribution in [0.25, 0.3) is 22.2 Å². The number of aromatic nitrogens is 3. The molecule has 8 nitrogen and oxygen atoms in total. The van der Waals surface area contributed by atoms with Gasteiger partial charge in [0.1, 0.15) is 0 Å². The fourth-order valence-electron chi connectivity index (χ4n) is 2.57. The van der Waals surface area contributed by atoms with E-state index in [1.165, 1.54) is 18.3 Å². The molecule has 3 aromatic heterocycles. The number of carbonyl (C=O) groups is 2. The Morgan fingerprint density at radius 1 is 1.44 bits per heavy atom. The van der Waals surface area contributed by atoms with Crippen LogP contribution < -0.4 is 11.1 Å². The van der Waals surface area contributed by atoms with E-state index in [9.17, 15) is 9.59 Å². The van der Waals surface area contributed by atoms with Crippen molar-refractivity contribution in [2.24, 2.45) is 5.73 Å². The van der Waals surface area contributed by atoms with Crippen LogP contribution in [-0.2, 0) is 11.3 Å². The maximum atomic E-state index is 11.7. The van der Waals surface area contributed by atoms with Gasteiger partial charge in [-0.1, -0.05) is 5.16 Å². The van der Waals surface area contributed by atoms with E-state index < -0.39 is 5.91 Å². The van der Waals surface area contributed by atoms with Gasteiger partial charge < -0.3 is 20.1 Å². The van der Waals surface area contributed by atoms with Gasteiger partial charge in [0.15, 0.2) is 10.8 Å². The number of nitrogens with two attached hydrogens (primary N) is 1. The molecule has 0 spiro atoms. The third kappa shape index (κ3) is 3.45. The quantitative estimate of drug-likeness (QED) is 0.696. The lowest BCUT2D eigenvalue weighted by molar-refractivity contribution is -0.118. The molecule has 0 radical (unpaired) electrons. The van der Waals surface area contributed by atoms with E-state index in [1.54, 1.807) is 18.3 Å². The number of hydrogen-bond acceptors (Lipinski definition) is 6. The van der Waals surface area contributed by atoms with Crippen molar-refractivity contribution in [3.63, 3.8) is 0 Å². The maximum Gasteiger partial charge on any atom is 0.250 e. The third-order valence-corrected chi connectivity index (χ3v) is 4.61. The second kappa shape index (κ2) is 6.89. The summed E-state index contributed by atoms with van der Waals surface area (Å²) in [6, 6.07) is 3.46. The van der Waals surface area contributed by atoms with Crippen LogP contribution >= 0.6 is 11.3 Å². The Balaban J connectivity index is 1.98. The molecular weight excluding hydrogens is 342 g/mol. The highest BCUT2D eigenvalue weighted by Gasteiger charge is 2.19. The van der Waals surface area contributed by atoms with Crippen molar-refractivity contribution in [3.05, 3.63) is 35.0 Å². The van der Waals surface area contributed by atoms with Crippen molar-refractivity contribution in [3.8, 4) is 22.2 Å². The summed E-state index contributed by atoms with van der Waals surface area (Å²) in [5.74, 6) is -0.0232. The van der Waals surface area contributed by atoms with E-state index in [0.717, 1.165) is 11.4 Å². The van der Waals surface area contributed by atoms with Gasteiger partial charge in [-0.05, 0) is 13.0 Å². The van der Waals surface area contributed by atoms with Crippen LogP contribution in [-0.4, -0.2) is 33.1 Å². The molecule has 3 aromatic rings. The summed E-state index contributed by atoms with van der Waals surface area (Å²) < 4.78 is 7.05. The number of hydrogen-bond donors (Lipinski definition) is 2. The summed E-state index contributed by atoms with van der Waals surface area (Å²) in [4.78, 5) is 27.4. The number of amides is 2. The van der Waals surface area contributed by atoms with E-state index in [4.69, 9.17) is 10.3 Å². The summed E-state index contributed by atoms with van der Waals surface area (Å²) >= 11 is 1.42. The minimum atomic E-state index is -0.497. The summed E-state index contributed by atoms with van der Waals surface area (Å²) in [6.07, 6.45) is 1.56. The fourth-order valence-corrected chi connectivity index (χ4v) is 3.34. The Hall–Kier alpha value is -2.94. The smallest absolute Gasteiger partial charge is 0.250 e. The number of primary amides is 1. The molecule has 0 fully saturated rings. The van der Waals surface area contributed by atoms with Crippen molar-refractivity contribution >= 4 is 23.2 Å². The number of rotatable bonds is 6. The molecule has 0 unspecified atom stereocenters. The Morgan fingerprint density at radius 2 is 2.24 bits per heavy atom. The molecule has 0 aromatic carbocycles. The van der Waals surface area contributed by atoms with Gasteiger partial charge in [0.25, 0.3) is 5.91 Å². The third-order valence-electron chi connectivity index (χ3n) is 3.76. The lowest BCUT2D eigenvalue weighted by Gasteiger charge is -2.11. The molecule has 25 heavy (non-hydrogen) atoms. The molecule has 3 rings (SSSR count). The lowest BCUT2D eigenvalue weighted by atomic mass is 10.2. The van der Waals surface area contributed by atoms with E-state index >= 15 is 0 Å². The van der Waals surface area contributed by atoms with Crippen LogP contribution in [0.3, 0.4) is 0 Å². The second-order valence-electron chi connectivity index (χ2n) is 5.44. The van der Waals surface area contributed by atoms with Gasteiger partial charge in [0, 0.05) is 37.2 Å². The first-order valence-corrected chi connectivity index (χ1v) is 8.46. The standard InChI is InChI=1S/C16H17N5O3S/c1-9-11(15(17)23)7-13(21(9)6-5-18-10(2)22)12-8-25-16(20-12)14-3-4-19-24-14/h3-4,7-8H,5-6H2,1-2H3,(H2,17,23)(H,18,22). The van der Waals surface area contributed by atoms with Gasteiger partial charge in [-0.25, -0.2) is 4.98 Å². The van der Waals surface area contributed by atoms with Crippen LogP contribution in [0.2, 0.25) is 0 Å². The molecule has 0 bridgehead atoms. The van der Waals surface area contributed by atoms with Crippen LogP contribution in [0, 0.1) is 6.92 Å². The van der Waals surface area contributed by atoms with E-state index in [-0.39, 0.29) is 5.91 Å². The Morgan fingerprint density at radius 3 is 2.88 bits per heavy atom. The number of nitrogens with zero attached hydrogens (tertiary/aromatic N) is 3. The normalized spacial score (nSPS) is 10.8. The van der Waals surface area contributed by atoms with Gasteiger partial charge in [-0.2, -0.15) is 0 Å². The molecule has 0 saturated heterocycles. The molecule has 0 aliphatic heterocycles. The molecule has 0 atom stereocenters. The number of nitrogens with one attached hydrogen (secondary N) is 1. The molecule has 130 valence electrons. The molecule has 3 N–H and O–H groups in total. The Kier molecular flexibility index (Phi) is 4.66. The maximum absolute atomic E-state index is 11.7. The molecule has 0 aliphatic rings. The zero-order valence-electron chi connectivity index (χ0n) is 13.8. The van der Waals surface area contributed by atoms with Crippen molar-refractivity contribution in [1.29, 1.82) is 0 Å². The van der Waals surface area contributed by atoms with Crippen LogP contribution in [0.15, 0.2) is 28.2 Å². The second-order valence-corrected chi connectivity index (χ2v) is 6.30. The van der Waals surface area contributed by atoms with Crippen LogP contribution in [0.1, 0.15) is 23.0 Å². The van der Waals surface area contributed by atoms with E-state index in [0.29, 0.717) is 35.1 Å². The first kappa shape index (κ1) is 16.9. The van der Waals surface area contributed by atoms with Gasteiger partial charge in [-0.15, -0.1) is 11.3 Å². The first-order valence-electron chi connectivity index (χ1n) is 7.58. The highest BCUT2D eigenvalue weighted by atomic mass is 32.1. The SMILES string of the molecule is CC(=O)NCCn1c(-c2csc(-c3ccno3)n2)cc(C(N)=O)c1C. The summed E-state index contributed by atoms with van der Waals surface area (Å²) in [5.41, 5.74) is 8.11. The minimum absolute atomic E-state index is 0.109. The lowest BCUT2D eigenvalue weighted by Crippen LogP contribution is -2.25. The van der Waals surface area contributed by atoms with E-state index in [2.05, 4.69) is 15.5 Å². The predicted molar refractivity (Wildman–Crippen MR) is 93.0 cm³/mol. The van der Waals surface area contributed by atoms with Crippen LogP contribution in [0.4, 0.5) is 0 Å². The summed E-state index contributed by atoms with van der Waals surface area (Å²) in [7, 11) is 0. The predicted octanol–water partition coefficient (Wildman–Crippen LogP) is 1.81. The first-order chi connectivity index (χ1) is 12.0. The zero-order chi connectivity index (χ0) is 18.0. The number of thiazole rings is 1. The Bertz CT molecular complexity index is 911. The molecule has 9 heteroatoms.